The molecule has 0 spiro atoms. The van der Waals surface area contributed by atoms with Crippen molar-refractivity contribution in [1.29, 1.82) is 0 Å². The minimum atomic E-state index is -1.95. The van der Waals surface area contributed by atoms with Gasteiger partial charge in [-0.25, -0.2) is 0 Å². The van der Waals surface area contributed by atoms with Gasteiger partial charge in [0.25, 0.3) is 0 Å². The van der Waals surface area contributed by atoms with Gasteiger partial charge in [0, 0.05) is 0 Å². The van der Waals surface area contributed by atoms with Gasteiger partial charge in [0.15, 0.2) is 18.9 Å². The lowest BCUT2D eigenvalue weighted by molar-refractivity contribution is -0.373. The van der Waals surface area contributed by atoms with Crippen LogP contribution >= 0.6 is 0 Å². The third-order valence-electron chi connectivity index (χ3n) is 8.45. The monoisotopic (exact) mass is 664 g/mol. The predicted octanol–water partition coefficient (Wildman–Crippen LogP) is -8.68. The van der Waals surface area contributed by atoms with Gasteiger partial charge in [-0.05, 0) is 6.92 Å². The molecule has 264 valence electrons. The molecule has 4 aliphatic rings. The first-order valence-corrected chi connectivity index (χ1v) is 14.4. The zero-order valence-corrected chi connectivity index (χ0v) is 24.0. The van der Waals surface area contributed by atoms with E-state index in [9.17, 15) is 66.4 Å². The fourth-order valence-electron chi connectivity index (χ4n) is 5.65. The van der Waals surface area contributed by atoms with E-state index in [4.69, 9.17) is 33.2 Å². The van der Waals surface area contributed by atoms with Crippen molar-refractivity contribution in [3.63, 3.8) is 0 Å². The molecular weight excluding hydrogens is 620 g/mol. The smallest absolute Gasteiger partial charge is 0.187 e. The van der Waals surface area contributed by atoms with Crippen molar-refractivity contribution < 1.29 is 99.5 Å². The molecule has 0 aromatic heterocycles. The fraction of sp³-hybridized carbons (Fsp3) is 1.00. The third-order valence-corrected chi connectivity index (χ3v) is 8.45. The molecule has 0 aromatic rings. The summed E-state index contributed by atoms with van der Waals surface area (Å²) in [6.45, 7) is -1.42. The van der Waals surface area contributed by atoms with E-state index >= 15 is 0 Å². The van der Waals surface area contributed by atoms with Crippen molar-refractivity contribution >= 4 is 0 Å². The predicted molar refractivity (Wildman–Crippen MR) is 137 cm³/mol. The van der Waals surface area contributed by atoms with Crippen molar-refractivity contribution in [2.24, 2.45) is 0 Å². The Balaban J connectivity index is 1.50. The second kappa shape index (κ2) is 15.6. The van der Waals surface area contributed by atoms with E-state index in [1.54, 1.807) is 0 Å². The molecule has 4 heterocycles. The zero-order chi connectivity index (χ0) is 33.3. The lowest BCUT2D eigenvalue weighted by Crippen LogP contribution is -2.66. The van der Waals surface area contributed by atoms with Gasteiger partial charge in [0.2, 0.25) is 0 Å². The van der Waals surface area contributed by atoms with Gasteiger partial charge < -0.3 is 99.5 Å². The number of rotatable bonds is 10. The van der Waals surface area contributed by atoms with E-state index < -0.39 is 149 Å². The molecule has 20 atom stereocenters. The normalized spacial score (nSPS) is 52.9. The Kier molecular flexibility index (Phi) is 12.8. The third kappa shape index (κ3) is 7.60. The highest BCUT2D eigenvalue weighted by molar-refractivity contribution is 4.97. The van der Waals surface area contributed by atoms with E-state index in [1.807, 2.05) is 0 Å². The van der Waals surface area contributed by atoms with Gasteiger partial charge in [-0.2, -0.15) is 0 Å². The fourth-order valence-corrected chi connectivity index (χ4v) is 5.65. The number of aliphatic hydroxyl groups excluding tert-OH is 13. The van der Waals surface area contributed by atoms with Crippen LogP contribution in [-0.4, -0.2) is 215 Å². The summed E-state index contributed by atoms with van der Waals surface area (Å²) >= 11 is 0. The summed E-state index contributed by atoms with van der Waals surface area (Å²) < 4.78 is 38.8. The molecule has 20 heteroatoms. The van der Waals surface area contributed by atoms with Crippen LogP contribution in [0.15, 0.2) is 0 Å². The maximum atomic E-state index is 11.0. The molecule has 0 aromatic carbocycles. The van der Waals surface area contributed by atoms with Crippen LogP contribution in [0.5, 0.6) is 0 Å². The van der Waals surface area contributed by atoms with Crippen LogP contribution in [0, 0.1) is 0 Å². The lowest BCUT2D eigenvalue weighted by Gasteiger charge is -2.49. The molecule has 0 aliphatic carbocycles. The second-order valence-corrected chi connectivity index (χ2v) is 11.5. The Bertz CT molecular complexity index is 914. The van der Waals surface area contributed by atoms with Crippen molar-refractivity contribution in [3.8, 4) is 0 Å². The van der Waals surface area contributed by atoms with Gasteiger partial charge >= 0.3 is 0 Å². The topological polar surface area (TPSA) is 328 Å². The zero-order valence-electron chi connectivity index (χ0n) is 24.0. The molecule has 0 saturated carbocycles. The quantitative estimate of drug-likeness (QED) is 0.103. The van der Waals surface area contributed by atoms with Crippen LogP contribution < -0.4 is 0 Å². The average molecular weight is 665 g/mol. The maximum absolute atomic E-state index is 11.0. The van der Waals surface area contributed by atoms with Gasteiger partial charge in [-0.3, -0.25) is 0 Å². The Morgan fingerprint density at radius 2 is 0.800 bits per heavy atom. The molecule has 4 saturated heterocycles. The molecule has 0 bridgehead atoms. The highest BCUT2D eigenvalue weighted by Gasteiger charge is 2.53. The molecule has 20 nitrogen and oxygen atoms in total. The molecule has 4 aliphatic heterocycles. The Hall–Kier alpha value is -0.800. The average Bonchev–Trinajstić information content (AvgIpc) is 3.03. The van der Waals surface area contributed by atoms with E-state index in [1.165, 1.54) is 6.92 Å². The first-order chi connectivity index (χ1) is 21.2. The number of hydrogen-bond acceptors (Lipinski definition) is 20. The van der Waals surface area contributed by atoms with E-state index in [0.717, 1.165) is 0 Å². The van der Waals surface area contributed by atoms with Gasteiger partial charge in [0.05, 0.1) is 32.5 Å². The van der Waals surface area contributed by atoms with Crippen molar-refractivity contribution in [2.75, 3.05) is 26.4 Å². The van der Waals surface area contributed by atoms with E-state index in [-0.39, 0.29) is 0 Å². The standard InChI is InChI=1S/C25H44O20/c1-6-21(44-24-19(37)16(34)12(30)8(3-27)42-24)22(14(32)9(4-28)40-6)45-25-20(38)17(35)13(31)10(43-25)5-39-23-18(36)15(33)11(29)7(2-26)41-23/h6-38H,2-5H2,1H3/t6-,7+,8+,9+,10+,11+,12+,13+,14+,15-,16-,17-,18+,19+,20+,21-,22-,23+,24-,25-/m0/s1. The highest BCUT2D eigenvalue weighted by atomic mass is 16.8. The Morgan fingerprint density at radius 1 is 0.422 bits per heavy atom. The first kappa shape index (κ1) is 37.0. The summed E-state index contributed by atoms with van der Waals surface area (Å²) in [5.74, 6) is 0. The Morgan fingerprint density at radius 3 is 1.29 bits per heavy atom. The van der Waals surface area contributed by atoms with Crippen LogP contribution in [0.2, 0.25) is 0 Å². The van der Waals surface area contributed by atoms with Gasteiger partial charge in [-0.15, -0.1) is 0 Å². The molecular formula is C25H44O20. The molecule has 0 amide bonds. The second-order valence-electron chi connectivity index (χ2n) is 11.5. The van der Waals surface area contributed by atoms with Crippen LogP contribution in [0.4, 0.5) is 0 Å². The highest BCUT2D eigenvalue weighted by Crippen LogP contribution is 2.33. The summed E-state index contributed by atoms with van der Waals surface area (Å²) in [5, 5.41) is 132. The first-order valence-electron chi connectivity index (χ1n) is 14.4. The summed E-state index contributed by atoms with van der Waals surface area (Å²) in [6.07, 6.45) is -32.6. The largest absolute Gasteiger partial charge is 0.394 e. The van der Waals surface area contributed by atoms with E-state index in [0.29, 0.717) is 0 Å². The number of aliphatic hydroxyl groups is 13. The Labute approximate surface area is 256 Å². The molecule has 0 unspecified atom stereocenters. The minimum Gasteiger partial charge on any atom is -0.394 e. The molecule has 4 fully saturated rings. The van der Waals surface area contributed by atoms with Gasteiger partial charge in [-0.1, -0.05) is 0 Å². The maximum Gasteiger partial charge on any atom is 0.187 e. The molecule has 45 heavy (non-hydrogen) atoms. The minimum absolute atomic E-state index is 0.662. The summed E-state index contributed by atoms with van der Waals surface area (Å²) in [6, 6.07) is 0. The van der Waals surface area contributed by atoms with Gasteiger partial charge in [0.1, 0.15) is 97.7 Å². The van der Waals surface area contributed by atoms with Crippen LogP contribution in [0.1, 0.15) is 6.92 Å². The van der Waals surface area contributed by atoms with Crippen LogP contribution in [-0.2, 0) is 33.2 Å². The summed E-state index contributed by atoms with van der Waals surface area (Å²) in [4.78, 5) is 0. The SMILES string of the molecule is C[C@@H]1O[C@H](CO)[C@@H](O)[C@H](O[C@@H]2O[C@H](CO[C@@H]3O[C@H](CO)[C@@H](O)[C@H](O)[C@H]3O)[C@@H](O)[C@H](O)[C@H]2O)[C@H]1O[C@@H]1O[C@H](CO)[C@@H](O)[C@H](O)[C@H]1O. The lowest BCUT2D eigenvalue weighted by atomic mass is 9.94. The van der Waals surface area contributed by atoms with E-state index in [2.05, 4.69) is 0 Å². The van der Waals surface area contributed by atoms with Crippen LogP contribution in [0.25, 0.3) is 0 Å². The van der Waals surface area contributed by atoms with Crippen LogP contribution in [0.3, 0.4) is 0 Å². The molecule has 4 rings (SSSR count). The van der Waals surface area contributed by atoms with Crippen molar-refractivity contribution in [1.82, 2.24) is 0 Å². The summed E-state index contributed by atoms with van der Waals surface area (Å²) in [5.41, 5.74) is 0. The molecule has 13 N–H and O–H groups in total. The number of ether oxygens (including phenoxy) is 7. The molecule has 0 radical (unpaired) electrons. The van der Waals surface area contributed by atoms with Crippen molar-refractivity contribution in [3.05, 3.63) is 0 Å². The van der Waals surface area contributed by atoms with Crippen molar-refractivity contribution in [2.45, 2.75) is 130 Å². The summed E-state index contributed by atoms with van der Waals surface area (Å²) in [7, 11) is 0. The number of hydrogen-bond donors (Lipinski definition) is 13.